The molecule has 0 fully saturated rings. The largest absolute Gasteiger partial charge is 0.550 e. The molecule has 0 rings (SSSR count). The number of carbonyl (C=O) groups excluding carboxylic acids is 1. The van der Waals surface area contributed by atoms with Gasteiger partial charge in [0.25, 0.3) is 0 Å². The Hall–Kier alpha value is -0.530. The van der Waals surface area contributed by atoms with Crippen LogP contribution in [-0.4, -0.2) is 5.97 Å². The normalized spacial score (nSPS) is 12.9. The lowest BCUT2D eigenvalue weighted by Gasteiger charge is -2.14. The minimum atomic E-state index is -0.886. The number of carbonyl (C=O) groups is 1. The number of hydrogen-bond acceptors (Lipinski definition) is 2. The molecule has 0 aliphatic rings. The summed E-state index contributed by atoms with van der Waals surface area (Å²) in [6, 6.07) is 0. The van der Waals surface area contributed by atoms with E-state index < -0.39 is 5.97 Å². The SMILES string of the molecule is CCCCCC(CC)C(=O)[O-]. The first kappa shape index (κ1) is 10.5. The van der Waals surface area contributed by atoms with Crippen LogP contribution in [0.15, 0.2) is 0 Å². The minimum Gasteiger partial charge on any atom is -0.550 e. The molecule has 0 aromatic rings. The zero-order chi connectivity index (χ0) is 8.69. The molecular formula is C9H17O2-. The van der Waals surface area contributed by atoms with E-state index in [1.54, 1.807) is 0 Å². The zero-order valence-electron chi connectivity index (χ0n) is 7.43. The number of aliphatic carboxylic acids is 1. The standard InChI is InChI=1S/C9H18O2/c1-3-5-6-7-8(4-2)9(10)11/h8H,3-7H2,1-2H3,(H,10,11)/p-1. The molecule has 11 heavy (non-hydrogen) atoms. The monoisotopic (exact) mass is 157 g/mol. The molecule has 1 unspecified atom stereocenters. The van der Waals surface area contributed by atoms with E-state index in [1.165, 1.54) is 0 Å². The van der Waals surface area contributed by atoms with Gasteiger partial charge in [-0.3, -0.25) is 0 Å². The highest BCUT2D eigenvalue weighted by molar-refractivity contribution is 5.67. The van der Waals surface area contributed by atoms with E-state index in [-0.39, 0.29) is 5.92 Å². The Balaban J connectivity index is 3.44. The minimum absolute atomic E-state index is 0.221. The molecule has 0 saturated heterocycles. The van der Waals surface area contributed by atoms with Gasteiger partial charge in [-0.1, -0.05) is 33.1 Å². The third-order valence-electron chi connectivity index (χ3n) is 1.98. The molecule has 0 aromatic carbocycles. The predicted octanol–water partition coefficient (Wildman–Crippen LogP) is 1.34. The summed E-state index contributed by atoms with van der Waals surface area (Å²) in [5.41, 5.74) is 0. The Labute approximate surface area is 68.6 Å². The van der Waals surface area contributed by atoms with Crippen molar-refractivity contribution in [1.29, 1.82) is 0 Å². The van der Waals surface area contributed by atoms with Crippen LogP contribution >= 0.6 is 0 Å². The van der Waals surface area contributed by atoms with Gasteiger partial charge in [-0.25, -0.2) is 0 Å². The van der Waals surface area contributed by atoms with E-state index in [2.05, 4.69) is 6.92 Å². The van der Waals surface area contributed by atoms with Crippen LogP contribution < -0.4 is 5.11 Å². The highest BCUT2D eigenvalue weighted by Gasteiger charge is 2.05. The van der Waals surface area contributed by atoms with Crippen LogP contribution in [0.1, 0.15) is 46.0 Å². The van der Waals surface area contributed by atoms with Gasteiger partial charge in [0.05, 0.1) is 0 Å². The van der Waals surface area contributed by atoms with E-state index in [0.717, 1.165) is 25.7 Å². The second kappa shape index (κ2) is 6.20. The van der Waals surface area contributed by atoms with Gasteiger partial charge in [-0.05, 0) is 18.8 Å². The van der Waals surface area contributed by atoms with Gasteiger partial charge >= 0.3 is 0 Å². The second-order valence-corrected chi connectivity index (χ2v) is 2.92. The van der Waals surface area contributed by atoms with Crippen LogP contribution in [-0.2, 0) is 4.79 Å². The molecule has 2 nitrogen and oxygen atoms in total. The Morgan fingerprint density at radius 2 is 2.00 bits per heavy atom. The average molecular weight is 157 g/mol. The smallest absolute Gasteiger partial charge is 0.0445 e. The lowest BCUT2D eigenvalue weighted by Crippen LogP contribution is -2.30. The molecule has 0 saturated carbocycles. The molecule has 0 amide bonds. The van der Waals surface area contributed by atoms with E-state index in [1.807, 2.05) is 6.92 Å². The summed E-state index contributed by atoms with van der Waals surface area (Å²) in [4.78, 5) is 10.4. The van der Waals surface area contributed by atoms with Crippen molar-refractivity contribution in [3.8, 4) is 0 Å². The molecule has 0 radical (unpaired) electrons. The maximum atomic E-state index is 10.4. The third-order valence-corrected chi connectivity index (χ3v) is 1.98. The summed E-state index contributed by atoms with van der Waals surface area (Å²) in [6.07, 6.45) is 4.77. The van der Waals surface area contributed by atoms with Gasteiger partial charge in [0.15, 0.2) is 0 Å². The molecule has 0 spiro atoms. The average Bonchev–Trinajstić information content (AvgIpc) is 1.97. The van der Waals surface area contributed by atoms with Crippen molar-refractivity contribution in [2.24, 2.45) is 5.92 Å². The van der Waals surface area contributed by atoms with E-state index in [0.29, 0.717) is 6.42 Å². The maximum absolute atomic E-state index is 10.4. The molecule has 0 aliphatic heterocycles. The van der Waals surface area contributed by atoms with Crippen molar-refractivity contribution in [2.75, 3.05) is 0 Å². The van der Waals surface area contributed by atoms with E-state index in [9.17, 15) is 9.90 Å². The second-order valence-electron chi connectivity index (χ2n) is 2.92. The molecule has 0 aromatic heterocycles. The van der Waals surface area contributed by atoms with Crippen molar-refractivity contribution in [1.82, 2.24) is 0 Å². The summed E-state index contributed by atoms with van der Waals surface area (Å²) in [6.45, 7) is 4.01. The van der Waals surface area contributed by atoms with Gasteiger partial charge in [0.2, 0.25) is 0 Å². The summed E-state index contributed by atoms with van der Waals surface area (Å²) >= 11 is 0. The lowest BCUT2D eigenvalue weighted by atomic mass is 9.99. The molecule has 66 valence electrons. The van der Waals surface area contributed by atoms with Gasteiger partial charge < -0.3 is 9.90 Å². The van der Waals surface area contributed by atoms with Crippen LogP contribution in [0, 0.1) is 5.92 Å². The first-order valence-corrected chi connectivity index (χ1v) is 4.43. The maximum Gasteiger partial charge on any atom is 0.0445 e. The Morgan fingerprint density at radius 1 is 1.36 bits per heavy atom. The van der Waals surface area contributed by atoms with Crippen LogP contribution in [0.2, 0.25) is 0 Å². The fraction of sp³-hybridized carbons (Fsp3) is 0.889. The molecule has 1 atom stereocenters. The molecule has 0 aliphatic carbocycles. The highest BCUT2D eigenvalue weighted by atomic mass is 16.4. The van der Waals surface area contributed by atoms with Crippen LogP contribution in [0.4, 0.5) is 0 Å². The van der Waals surface area contributed by atoms with Crippen molar-refractivity contribution in [3.63, 3.8) is 0 Å². The third kappa shape index (κ3) is 4.82. The quantitative estimate of drug-likeness (QED) is 0.546. The number of rotatable bonds is 6. The Kier molecular flexibility index (Phi) is 5.90. The van der Waals surface area contributed by atoms with Crippen LogP contribution in [0.25, 0.3) is 0 Å². The first-order chi connectivity index (χ1) is 5.22. The molecule has 0 bridgehead atoms. The predicted molar refractivity (Wildman–Crippen MR) is 42.9 cm³/mol. The van der Waals surface area contributed by atoms with Crippen LogP contribution in [0.3, 0.4) is 0 Å². The van der Waals surface area contributed by atoms with E-state index in [4.69, 9.17) is 0 Å². The number of carboxylic acids is 1. The van der Waals surface area contributed by atoms with Crippen molar-refractivity contribution >= 4 is 5.97 Å². The summed E-state index contributed by atoms with van der Waals surface area (Å²) in [7, 11) is 0. The number of hydrogen-bond donors (Lipinski definition) is 0. The van der Waals surface area contributed by atoms with Crippen LogP contribution in [0.5, 0.6) is 0 Å². The van der Waals surface area contributed by atoms with Crippen molar-refractivity contribution in [2.45, 2.75) is 46.0 Å². The van der Waals surface area contributed by atoms with Gasteiger partial charge in [-0.2, -0.15) is 0 Å². The van der Waals surface area contributed by atoms with E-state index >= 15 is 0 Å². The van der Waals surface area contributed by atoms with Gasteiger partial charge in [-0.15, -0.1) is 0 Å². The number of unbranched alkanes of at least 4 members (excludes halogenated alkanes) is 2. The Bertz CT molecular complexity index is 110. The zero-order valence-corrected chi connectivity index (χ0v) is 7.43. The lowest BCUT2D eigenvalue weighted by molar-refractivity contribution is -0.311. The highest BCUT2D eigenvalue weighted by Crippen LogP contribution is 2.12. The summed E-state index contributed by atoms with van der Waals surface area (Å²) in [5.74, 6) is -1.11. The molecule has 0 N–H and O–H groups in total. The molecule has 0 heterocycles. The molecular weight excluding hydrogens is 140 g/mol. The first-order valence-electron chi connectivity index (χ1n) is 4.43. The Morgan fingerprint density at radius 3 is 2.36 bits per heavy atom. The number of carboxylic acid groups (broad SMARTS) is 1. The fourth-order valence-electron chi connectivity index (χ4n) is 1.13. The van der Waals surface area contributed by atoms with Gasteiger partial charge in [0.1, 0.15) is 0 Å². The van der Waals surface area contributed by atoms with Crippen molar-refractivity contribution < 1.29 is 9.90 Å². The molecule has 2 heteroatoms. The summed E-state index contributed by atoms with van der Waals surface area (Å²) in [5, 5.41) is 10.4. The van der Waals surface area contributed by atoms with Crippen molar-refractivity contribution in [3.05, 3.63) is 0 Å². The van der Waals surface area contributed by atoms with Gasteiger partial charge in [0, 0.05) is 5.97 Å². The fourth-order valence-corrected chi connectivity index (χ4v) is 1.13. The summed E-state index contributed by atoms with van der Waals surface area (Å²) < 4.78 is 0. The topological polar surface area (TPSA) is 40.1 Å².